The summed E-state index contributed by atoms with van der Waals surface area (Å²) < 4.78 is 2.64. The lowest BCUT2D eigenvalue weighted by molar-refractivity contribution is 0.346. The summed E-state index contributed by atoms with van der Waals surface area (Å²) in [4.78, 5) is 0. The molecule has 0 aromatic carbocycles. The van der Waals surface area contributed by atoms with E-state index >= 15 is 0 Å². The van der Waals surface area contributed by atoms with Crippen molar-refractivity contribution in [2.75, 3.05) is 13.1 Å². The maximum absolute atomic E-state index is 2.89. The zero-order valence-corrected chi connectivity index (χ0v) is 9.78. The Balaban J connectivity index is 1.94. The van der Waals surface area contributed by atoms with Crippen molar-refractivity contribution in [3.63, 3.8) is 0 Å². The van der Waals surface area contributed by atoms with Crippen LogP contribution in [0.3, 0.4) is 0 Å². The van der Waals surface area contributed by atoms with Gasteiger partial charge in [-0.3, -0.25) is 4.67 Å². The summed E-state index contributed by atoms with van der Waals surface area (Å²) in [5.41, 5.74) is 0. The van der Waals surface area contributed by atoms with Crippen LogP contribution in [-0.2, 0) is 0 Å². The Morgan fingerprint density at radius 3 is 2.67 bits per heavy atom. The number of hydrogen-bond donors (Lipinski definition) is 0. The van der Waals surface area contributed by atoms with Gasteiger partial charge in [0.05, 0.1) is 0 Å². The van der Waals surface area contributed by atoms with E-state index in [1.807, 2.05) is 0 Å². The fourth-order valence-electron chi connectivity index (χ4n) is 2.77. The molecule has 0 aromatic rings. The van der Waals surface area contributed by atoms with Gasteiger partial charge in [0.25, 0.3) is 0 Å². The minimum Gasteiger partial charge on any atom is -0.281 e. The molecule has 2 fully saturated rings. The van der Waals surface area contributed by atoms with E-state index in [0.29, 0.717) is 0 Å². The third-order valence-electron chi connectivity index (χ3n) is 3.46. The Bertz CT molecular complexity index is 151. The molecule has 3 heteroatoms. The van der Waals surface area contributed by atoms with Crippen LogP contribution in [0.1, 0.15) is 32.1 Å². The summed E-state index contributed by atoms with van der Waals surface area (Å²) in [5, 5.41) is 0. The molecule has 1 nitrogen and oxygen atoms in total. The fourth-order valence-corrected chi connectivity index (χ4v) is 4.10. The first-order chi connectivity index (χ1) is 5.90. The number of hydrogen-bond acceptors (Lipinski definition) is 1. The van der Waals surface area contributed by atoms with Crippen LogP contribution in [0.25, 0.3) is 0 Å². The Kier molecular flexibility index (Phi) is 3.41. The summed E-state index contributed by atoms with van der Waals surface area (Å²) >= 11 is 0. The quantitative estimate of drug-likeness (QED) is 0.592. The van der Waals surface area contributed by atoms with Gasteiger partial charge in [-0.05, 0) is 39.5 Å². The summed E-state index contributed by atoms with van der Waals surface area (Å²) in [6, 6.07) is 0. The maximum Gasteiger partial charge on any atom is 0.00525 e. The molecule has 4 atom stereocenters. The van der Waals surface area contributed by atoms with Gasteiger partial charge in [-0.2, -0.15) is 0 Å². The molecule has 1 saturated heterocycles. The zero-order valence-electron chi connectivity index (χ0n) is 7.63. The highest BCUT2D eigenvalue weighted by molar-refractivity contribution is 8.01. The third kappa shape index (κ3) is 2.00. The van der Waals surface area contributed by atoms with E-state index < -0.39 is 0 Å². The Labute approximate surface area is 79.6 Å². The highest BCUT2D eigenvalue weighted by Crippen LogP contribution is 2.40. The van der Waals surface area contributed by atoms with E-state index in [2.05, 4.69) is 13.6 Å². The van der Waals surface area contributed by atoms with Crippen molar-refractivity contribution in [2.24, 2.45) is 11.8 Å². The van der Waals surface area contributed by atoms with Crippen molar-refractivity contribution in [1.29, 1.82) is 0 Å². The van der Waals surface area contributed by atoms with Crippen LogP contribution in [0.5, 0.6) is 0 Å². The molecule has 0 radical (unpaired) electrons. The molecule has 0 aromatic heterocycles. The standard InChI is InChI=1S/C9H19NP2/c11-12-10-6-2-5-8-3-1-4-9(8)7-10/h8-9,12H,1-7,11H2. The van der Waals surface area contributed by atoms with E-state index in [4.69, 9.17) is 0 Å². The van der Waals surface area contributed by atoms with Gasteiger partial charge in [0, 0.05) is 13.1 Å². The van der Waals surface area contributed by atoms with Gasteiger partial charge in [0.2, 0.25) is 0 Å². The van der Waals surface area contributed by atoms with Gasteiger partial charge in [-0.15, -0.1) is 0 Å². The lowest BCUT2D eigenvalue weighted by atomic mass is 9.93. The molecule has 4 unspecified atom stereocenters. The van der Waals surface area contributed by atoms with E-state index in [9.17, 15) is 0 Å². The van der Waals surface area contributed by atoms with Crippen LogP contribution in [0.4, 0.5) is 0 Å². The van der Waals surface area contributed by atoms with E-state index in [-0.39, 0.29) is 0 Å². The maximum atomic E-state index is 2.89. The summed E-state index contributed by atoms with van der Waals surface area (Å²) in [5.74, 6) is 2.15. The van der Waals surface area contributed by atoms with Crippen molar-refractivity contribution < 1.29 is 0 Å². The predicted molar refractivity (Wildman–Crippen MR) is 59.7 cm³/mol. The van der Waals surface area contributed by atoms with Gasteiger partial charge in [0.1, 0.15) is 0 Å². The smallest absolute Gasteiger partial charge is 0.00525 e. The highest BCUT2D eigenvalue weighted by Gasteiger charge is 2.30. The second kappa shape index (κ2) is 4.36. The number of fused-ring (bicyclic) bond motifs is 1. The second-order valence-corrected chi connectivity index (χ2v) is 5.83. The average molecular weight is 203 g/mol. The molecule has 0 N–H and O–H groups in total. The largest absolute Gasteiger partial charge is 0.281 e. The molecular weight excluding hydrogens is 184 g/mol. The molecule has 1 saturated carbocycles. The molecule has 1 aliphatic carbocycles. The van der Waals surface area contributed by atoms with Crippen LogP contribution in [-0.4, -0.2) is 17.8 Å². The normalized spacial score (nSPS) is 38.8. The average Bonchev–Trinajstić information content (AvgIpc) is 2.43. The lowest BCUT2D eigenvalue weighted by Gasteiger charge is -2.21. The van der Waals surface area contributed by atoms with Crippen LogP contribution in [0.2, 0.25) is 0 Å². The van der Waals surface area contributed by atoms with Gasteiger partial charge >= 0.3 is 0 Å². The molecule has 2 aliphatic rings. The zero-order chi connectivity index (χ0) is 8.39. The molecule has 0 spiro atoms. The number of rotatable bonds is 1. The Hall–Kier alpha value is 0.820. The fraction of sp³-hybridized carbons (Fsp3) is 1.00. The van der Waals surface area contributed by atoms with Gasteiger partial charge < -0.3 is 0 Å². The summed E-state index contributed by atoms with van der Waals surface area (Å²) in [7, 11) is 3.85. The molecule has 0 bridgehead atoms. The van der Waals surface area contributed by atoms with Crippen molar-refractivity contribution in [3.05, 3.63) is 0 Å². The molecule has 1 heterocycles. The first-order valence-corrected chi connectivity index (χ1v) is 7.87. The SMILES string of the molecule is PPN1CCCC2CCCC2C1. The van der Waals surface area contributed by atoms with Gasteiger partial charge in [0.15, 0.2) is 0 Å². The first kappa shape index (κ1) is 9.38. The van der Waals surface area contributed by atoms with Crippen LogP contribution >= 0.6 is 17.3 Å². The van der Waals surface area contributed by atoms with Gasteiger partial charge in [-0.1, -0.05) is 21.8 Å². The van der Waals surface area contributed by atoms with Crippen LogP contribution < -0.4 is 0 Å². The summed E-state index contributed by atoms with van der Waals surface area (Å²) in [6.45, 7) is 2.75. The number of nitrogens with zero attached hydrogens (tertiary/aromatic N) is 1. The molecule has 12 heavy (non-hydrogen) atoms. The van der Waals surface area contributed by atoms with Crippen molar-refractivity contribution >= 4 is 17.3 Å². The highest BCUT2D eigenvalue weighted by atomic mass is 32.0. The van der Waals surface area contributed by atoms with E-state index in [1.54, 1.807) is 0 Å². The van der Waals surface area contributed by atoms with Crippen molar-refractivity contribution in [3.8, 4) is 0 Å². The minimum atomic E-state index is 0.959. The molecule has 0 amide bonds. The predicted octanol–water partition coefficient (Wildman–Crippen LogP) is 2.88. The third-order valence-corrected chi connectivity index (χ3v) is 5.32. The second-order valence-electron chi connectivity index (χ2n) is 4.17. The van der Waals surface area contributed by atoms with E-state index in [0.717, 1.165) is 20.3 Å². The first-order valence-electron chi connectivity index (χ1n) is 5.11. The monoisotopic (exact) mass is 203 g/mol. The van der Waals surface area contributed by atoms with E-state index in [1.165, 1.54) is 45.2 Å². The Morgan fingerprint density at radius 1 is 1.08 bits per heavy atom. The molecular formula is C9H19NP2. The van der Waals surface area contributed by atoms with Crippen molar-refractivity contribution in [1.82, 2.24) is 4.67 Å². The lowest BCUT2D eigenvalue weighted by Crippen LogP contribution is -2.20. The van der Waals surface area contributed by atoms with Gasteiger partial charge in [-0.25, -0.2) is 0 Å². The van der Waals surface area contributed by atoms with Crippen LogP contribution in [0, 0.1) is 11.8 Å². The van der Waals surface area contributed by atoms with Crippen LogP contribution in [0.15, 0.2) is 0 Å². The topological polar surface area (TPSA) is 3.24 Å². The molecule has 1 aliphatic heterocycles. The van der Waals surface area contributed by atoms with Crippen molar-refractivity contribution in [2.45, 2.75) is 32.1 Å². The Morgan fingerprint density at radius 2 is 1.83 bits per heavy atom. The molecule has 70 valence electrons. The molecule has 2 rings (SSSR count). The summed E-state index contributed by atoms with van der Waals surface area (Å²) in [6.07, 6.45) is 7.50. The minimum absolute atomic E-state index is 0.959.